The number of nitrogens with one attached hydrogen (secondary N) is 1. The second-order valence-electron chi connectivity index (χ2n) is 6.06. The van der Waals surface area contributed by atoms with Crippen LogP contribution in [-0.2, 0) is 4.79 Å². The van der Waals surface area contributed by atoms with Crippen LogP contribution in [0.25, 0.3) is 11.4 Å². The Morgan fingerprint density at radius 2 is 2.00 bits per heavy atom. The van der Waals surface area contributed by atoms with E-state index in [1.54, 1.807) is 0 Å². The van der Waals surface area contributed by atoms with E-state index >= 15 is 0 Å². The molecule has 5 nitrogen and oxygen atoms in total. The van der Waals surface area contributed by atoms with E-state index in [0.29, 0.717) is 27.8 Å². The van der Waals surface area contributed by atoms with Gasteiger partial charge in [-0.3, -0.25) is 9.89 Å². The standard InChI is InChI=1S/C17H21ClN4OS/c1-22(14-5-3-2-4-6-14)15(23)11-24-17-19-16(20-21-17)12-7-9-13(18)10-8-12/h7-10,14H,2-6,11H2,1H3,(H,19,20,21). The minimum atomic E-state index is 0.143. The molecule has 1 aliphatic rings. The molecule has 0 saturated heterocycles. The topological polar surface area (TPSA) is 61.9 Å². The largest absolute Gasteiger partial charge is 0.342 e. The van der Waals surface area contributed by atoms with Gasteiger partial charge in [0.25, 0.3) is 0 Å². The summed E-state index contributed by atoms with van der Waals surface area (Å²) in [6.45, 7) is 0. The van der Waals surface area contributed by atoms with Crippen molar-refractivity contribution in [1.29, 1.82) is 0 Å². The van der Waals surface area contributed by atoms with E-state index in [4.69, 9.17) is 11.6 Å². The summed E-state index contributed by atoms with van der Waals surface area (Å²) < 4.78 is 0. The van der Waals surface area contributed by atoms with Gasteiger partial charge in [-0.15, -0.1) is 5.10 Å². The molecular formula is C17H21ClN4OS. The molecule has 0 bridgehead atoms. The average molecular weight is 365 g/mol. The first kappa shape index (κ1) is 17.3. The number of H-pyrrole nitrogens is 1. The SMILES string of the molecule is CN(C(=O)CSc1n[nH]c(-c2ccc(Cl)cc2)n1)C1CCCCC1. The third-order valence-electron chi connectivity index (χ3n) is 4.42. The molecule has 0 spiro atoms. The Balaban J connectivity index is 1.55. The molecular weight excluding hydrogens is 344 g/mol. The van der Waals surface area contributed by atoms with Gasteiger partial charge in [0.15, 0.2) is 5.82 Å². The van der Waals surface area contributed by atoms with Crippen LogP contribution in [-0.4, -0.2) is 44.8 Å². The van der Waals surface area contributed by atoms with Gasteiger partial charge in [0.2, 0.25) is 11.1 Å². The zero-order valence-corrected chi connectivity index (χ0v) is 15.2. The van der Waals surface area contributed by atoms with E-state index in [1.165, 1.54) is 31.0 Å². The Bertz CT molecular complexity index is 682. The third-order valence-corrected chi connectivity index (χ3v) is 5.51. The number of amides is 1. The highest BCUT2D eigenvalue weighted by atomic mass is 35.5. The van der Waals surface area contributed by atoms with Gasteiger partial charge in [-0.1, -0.05) is 42.6 Å². The highest BCUT2D eigenvalue weighted by Gasteiger charge is 2.22. The summed E-state index contributed by atoms with van der Waals surface area (Å²) in [6.07, 6.45) is 5.97. The Morgan fingerprint density at radius 3 is 2.71 bits per heavy atom. The van der Waals surface area contributed by atoms with Gasteiger partial charge in [-0.25, -0.2) is 4.98 Å². The van der Waals surface area contributed by atoms with Crippen molar-refractivity contribution in [3.8, 4) is 11.4 Å². The van der Waals surface area contributed by atoms with E-state index in [2.05, 4.69) is 15.2 Å². The molecule has 0 radical (unpaired) electrons. The maximum atomic E-state index is 12.4. The fourth-order valence-electron chi connectivity index (χ4n) is 2.95. The number of benzene rings is 1. The maximum Gasteiger partial charge on any atom is 0.233 e. The zero-order valence-electron chi connectivity index (χ0n) is 13.7. The maximum absolute atomic E-state index is 12.4. The summed E-state index contributed by atoms with van der Waals surface area (Å²) >= 11 is 7.26. The predicted octanol–water partition coefficient (Wildman–Crippen LogP) is 4.01. The lowest BCUT2D eigenvalue weighted by atomic mass is 9.94. The van der Waals surface area contributed by atoms with Gasteiger partial charge < -0.3 is 4.90 Å². The average Bonchev–Trinajstić information content (AvgIpc) is 3.09. The van der Waals surface area contributed by atoms with E-state index in [0.717, 1.165) is 18.4 Å². The summed E-state index contributed by atoms with van der Waals surface area (Å²) in [4.78, 5) is 18.7. The number of aromatic nitrogens is 3. The zero-order chi connectivity index (χ0) is 16.9. The molecule has 1 aromatic carbocycles. The fourth-order valence-corrected chi connectivity index (χ4v) is 3.80. The van der Waals surface area contributed by atoms with Crippen molar-refractivity contribution in [2.24, 2.45) is 0 Å². The monoisotopic (exact) mass is 364 g/mol. The van der Waals surface area contributed by atoms with E-state index in [9.17, 15) is 4.79 Å². The van der Waals surface area contributed by atoms with Gasteiger partial charge in [-0.05, 0) is 37.1 Å². The molecule has 24 heavy (non-hydrogen) atoms. The number of thioether (sulfide) groups is 1. The van der Waals surface area contributed by atoms with Gasteiger partial charge in [0.05, 0.1) is 5.75 Å². The third kappa shape index (κ3) is 4.30. The van der Waals surface area contributed by atoms with Crippen molar-refractivity contribution in [2.75, 3.05) is 12.8 Å². The number of aromatic amines is 1. The quantitative estimate of drug-likeness (QED) is 0.814. The van der Waals surface area contributed by atoms with Crippen molar-refractivity contribution in [1.82, 2.24) is 20.1 Å². The molecule has 1 heterocycles. The Labute approximate surface area is 151 Å². The lowest BCUT2D eigenvalue weighted by Crippen LogP contribution is -2.39. The predicted molar refractivity (Wildman–Crippen MR) is 97.2 cm³/mol. The number of carbonyl (C=O) groups is 1. The van der Waals surface area contributed by atoms with Crippen LogP contribution in [0.3, 0.4) is 0 Å². The van der Waals surface area contributed by atoms with Gasteiger partial charge in [0.1, 0.15) is 0 Å². The molecule has 7 heteroatoms. The van der Waals surface area contributed by atoms with Crippen LogP contribution in [0.1, 0.15) is 32.1 Å². The summed E-state index contributed by atoms with van der Waals surface area (Å²) in [5, 5.41) is 8.36. The summed E-state index contributed by atoms with van der Waals surface area (Å²) in [6, 6.07) is 7.80. The molecule has 1 saturated carbocycles. The number of nitrogens with zero attached hydrogens (tertiary/aromatic N) is 3. The first-order valence-corrected chi connectivity index (χ1v) is 9.56. The van der Waals surface area contributed by atoms with Crippen LogP contribution in [0.4, 0.5) is 0 Å². The van der Waals surface area contributed by atoms with E-state index in [1.807, 2.05) is 36.2 Å². The lowest BCUT2D eigenvalue weighted by molar-refractivity contribution is -0.129. The van der Waals surface area contributed by atoms with Crippen LogP contribution in [0.2, 0.25) is 5.02 Å². The van der Waals surface area contributed by atoms with Crippen molar-refractivity contribution >= 4 is 29.3 Å². The van der Waals surface area contributed by atoms with Gasteiger partial charge in [0, 0.05) is 23.7 Å². The van der Waals surface area contributed by atoms with Crippen LogP contribution < -0.4 is 0 Å². The summed E-state index contributed by atoms with van der Waals surface area (Å²) in [5.41, 5.74) is 0.921. The summed E-state index contributed by atoms with van der Waals surface area (Å²) in [7, 11) is 1.91. The molecule has 128 valence electrons. The van der Waals surface area contributed by atoms with Crippen molar-refractivity contribution < 1.29 is 4.79 Å². The smallest absolute Gasteiger partial charge is 0.233 e. The van der Waals surface area contributed by atoms with E-state index in [-0.39, 0.29) is 5.91 Å². The molecule has 1 fully saturated rings. The minimum Gasteiger partial charge on any atom is -0.342 e. The van der Waals surface area contributed by atoms with Gasteiger partial charge >= 0.3 is 0 Å². The van der Waals surface area contributed by atoms with E-state index < -0.39 is 0 Å². The lowest BCUT2D eigenvalue weighted by Gasteiger charge is -2.31. The second-order valence-corrected chi connectivity index (χ2v) is 7.44. The molecule has 0 atom stereocenters. The first-order chi connectivity index (χ1) is 11.6. The molecule has 1 aliphatic carbocycles. The van der Waals surface area contributed by atoms with Crippen molar-refractivity contribution in [3.05, 3.63) is 29.3 Å². The molecule has 1 amide bonds. The molecule has 2 aromatic rings. The molecule has 3 rings (SSSR count). The van der Waals surface area contributed by atoms with Crippen LogP contribution in [0.5, 0.6) is 0 Å². The molecule has 0 aliphatic heterocycles. The number of hydrogen-bond acceptors (Lipinski definition) is 4. The van der Waals surface area contributed by atoms with Crippen molar-refractivity contribution in [2.45, 2.75) is 43.3 Å². The number of rotatable bonds is 5. The number of carbonyl (C=O) groups excluding carboxylic acids is 1. The Hall–Kier alpha value is -1.53. The molecule has 0 unspecified atom stereocenters. The Morgan fingerprint density at radius 1 is 1.29 bits per heavy atom. The van der Waals surface area contributed by atoms with Crippen LogP contribution >= 0.6 is 23.4 Å². The normalized spacial score (nSPS) is 15.4. The number of hydrogen-bond donors (Lipinski definition) is 1. The van der Waals surface area contributed by atoms with Crippen LogP contribution in [0, 0.1) is 0 Å². The minimum absolute atomic E-state index is 0.143. The van der Waals surface area contributed by atoms with Crippen molar-refractivity contribution in [3.63, 3.8) is 0 Å². The Kier molecular flexibility index (Phi) is 5.79. The second kappa shape index (κ2) is 8.03. The van der Waals surface area contributed by atoms with Gasteiger partial charge in [-0.2, -0.15) is 0 Å². The summed E-state index contributed by atoms with van der Waals surface area (Å²) in [5.74, 6) is 1.19. The van der Waals surface area contributed by atoms with Crippen LogP contribution in [0.15, 0.2) is 29.4 Å². The highest BCUT2D eigenvalue weighted by Crippen LogP contribution is 2.24. The molecule has 1 N–H and O–H groups in total. The highest BCUT2D eigenvalue weighted by molar-refractivity contribution is 7.99. The fraction of sp³-hybridized carbons (Fsp3) is 0.471. The molecule has 1 aromatic heterocycles. The first-order valence-electron chi connectivity index (χ1n) is 8.20. The number of halogens is 1.